The van der Waals surface area contributed by atoms with Crippen LogP contribution >= 0.6 is 23.1 Å². The zero-order valence-corrected chi connectivity index (χ0v) is 15.6. The number of nitrogens with one attached hydrogen (secondary N) is 1. The Hall–Kier alpha value is -2.64. The van der Waals surface area contributed by atoms with Gasteiger partial charge in [0.05, 0.1) is 11.1 Å². The highest BCUT2D eigenvalue weighted by Crippen LogP contribution is 2.24. The zero-order valence-electron chi connectivity index (χ0n) is 13.9. The predicted molar refractivity (Wildman–Crippen MR) is 108 cm³/mol. The number of hydrogen-bond acceptors (Lipinski definition) is 5. The Morgan fingerprint density at radius 1 is 1.15 bits per heavy atom. The first-order valence-corrected chi connectivity index (χ1v) is 9.84. The van der Waals surface area contributed by atoms with E-state index in [1.54, 1.807) is 13.1 Å². The van der Waals surface area contributed by atoms with Crippen LogP contribution in [0.3, 0.4) is 0 Å². The van der Waals surface area contributed by atoms with Crippen LogP contribution in [0, 0.1) is 0 Å². The van der Waals surface area contributed by atoms with Gasteiger partial charge in [-0.3, -0.25) is 14.2 Å². The molecular weight excluding hydrogens is 366 g/mol. The summed E-state index contributed by atoms with van der Waals surface area (Å²) in [4.78, 5) is 29.9. The number of fused-ring (bicyclic) bond motifs is 2. The fraction of sp³-hybridized carbons (Fsp3) is 0.105. The Balaban J connectivity index is 1.52. The minimum atomic E-state index is -0.133. The van der Waals surface area contributed by atoms with Gasteiger partial charge < -0.3 is 5.32 Å². The van der Waals surface area contributed by atoms with Crippen LogP contribution in [0.25, 0.3) is 21.0 Å². The first-order chi connectivity index (χ1) is 12.6. The van der Waals surface area contributed by atoms with Crippen LogP contribution in [0.4, 0.5) is 5.69 Å². The highest BCUT2D eigenvalue weighted by molar-refractivity contribution is 7.99. The molecule has 2 aromatic heterocycles. The van der Waals surface area contributed by atoms with E-state index in [2.05, 4.69) is 10.3 Å². The number of hydrogen-bond donors (Lipinski definition) is 1. The topological polar surface area (TPSA) is 64.0 Å². The van der Waals surface area contributed by atoms with Crippen molar-refractivity contribution in [1.82, 2.24) is 9.55 Å². The lowest BCUT2D eigenvalue weighted by molar-refractivity contribution is -0.113. The average Bonchev–Trinajstić information content (AvgIpc) is 3.12. The van der Waals surface area contributed by atoms with Gasteiger partial charge in [-0.15, -0.1) is 11.3 Å². The lowest BCUT2D eigenvalue weighted by Gasteiger charge is -2.09. The van der Waals surface area contributed by atoms with Gasteiger partial charge in [0.25, 0.3) is 5.56 Å². The van der Waals surface area contributed by atoms with Crippen molar-refractivity contribution < 1.29 is 4.79 Å². The van der Waals surface area contributed by atoms with Crippen LogP contribution in [0.15, 0.2) is 63.9 Å². The van der Waals surface area contributed by atoms with Crippen LogP contribution in [0.2, 0.25) is 0 Å². The van der Waals surface area contributed by atoms with Gasteiger partial charge in [0.15, 0.2) is 5.16 Å². The Bertz CT molecular complexity index is 1180. The van der Waals surface area contributed by atoms with Crippen molar-refractivity contribution in [2.24, 2.45) is 7.05 Å². The SMILES string of the molecule is Cn1c(SCC(=O)Nc2cccc3ccccc23)nc2sccc2c1=O. The van der Waals surface area contributed by atoms with Gasteiger partial charge in [-0.1, -0.05) is 48.2 Å². The van der Waals surface area contributed by atoms with Crippen molar-refractivity contribution in [3.8, 4) is 0 Å². The van der Waals surface area contributed by atoms with Crippen molar-refractivity contribution >= 4 is 55.7 Å². The monoisotopic (exact) mass is 381 g/mol. The van der Waals surface area contributed by atoms with E-state index in [-0.39, 0.29) is 17.2 Å². The van der Waals surface area contributed by atoms with Crippen LogP contribution in [-0.4, -0.2) is 21.2 Å². The van der Waals surface area contributed by atoms with Crippen LogP contribution < -0.4 is 10.9 Å². The quantitative estimate of drug-likeness (QED) is 0.430. The highest BCUT2D eigenvalue weighted by atomic mass is 32.2. The van der Waals surface area contributed by atoms with Gasteiger partial charge in [0.1, 0.15) is 4.83 Å². The molecule has 5 nitrogen and oxygen atoms in total. The summed E-state index contributed by atoms with van der Waals surface area (Å²) in [5.41, 5.74) is 0.692. The third-order valence-corrected chi connectivity index (χ3v) is 5.90. The first kappa shape index (κ1) is 16.8. The average molecular weight is 381 g/mol. The number of anilines is 1. The van der Waals surface area contributed by atoms with Gasteiger partial charge in [0, 0.05) is 18.1 Å². The molecule has 0 spiro atoms. The summed E-state index contributed by atoms with van der Waals surface area (Å²) in [5, 5.41) is 8.02. The molecule has 0 fully saturated rings. The van der Waals surface area contributed by atoms with E-state index >= 15 is 0 Å². The zero-order chi connectivity index (χ0) is 18.1. The summed E-state index contributed by atoms with van der Waals surface area (Å²) < 4.78 is 1.49. The molecule has 0 aliphatic carbocycles. The second kappa shape index (κ2) is 6.93. The lowest BCUT2D eigenvalue weighted by atomic mass is 10.1. The summed E-state index contributed by atoms with van der Waals surface area (Å²) in [6.07, 6.45) is 0. The van der Waals surface area contributed by atoms with E-state index in [0.717, 1.165) is 16.5 Å². The molecule has 0 saturated heterocycles. The number of carbonyl (C=O) groups excluding carboxylic acids is 1. The molecule has 2 heterocycles. The molecule has 0 aliphatic rings. The molecule has 0 unspecified atom stereocenters. The third-order valence-electron chi connectivity index (χ3n) is 4.06. The maximum Gasteiger partial charge on any atom is 0.262 e. The standard InChI is InChI=1S/C19H15N3O2S2/c1-22-18(24)14-9-10-25-17(14)21-19(22)26-11-16(23)20-15-8-4-6-12-5-2-3-7-13(12)15/h2-10H,11H2,1H3,(H,20,23). The van der Waals surface area contributed by atoms with Crippen LogP contribution in [0.1, 0.15) is 0 Å². The van der Waals surface area contributed by atoms with Crippen molar-refractivity contribution in [1.29, 1.82) is 0 Å². The number of benzene rings is 2. The van der Waals surface area contributed by atoms with Gasteiger partial charge in [-0.2, -0.15) is 0 Å². The number of thioether (sulfide) groups is 1. The fourth-order valence-electron chi connectivity index (χ4n) is 2.76. The van der Waals surface area contributed by atoms with Crippen molar-refractivity contribution in [2.45, 2.75) is 5.16 Å². The minimum Gasteiger partial charge on any atom is -0.325 e. The van der Waals surface area contributed by atoms with E-state index in [4.69, 9.17) is 0 Å². The number of thiophene rings is 1. The fourth-order valence-corrected chi connectivity index (χ4v) is 4.34. The van der Waals surface area contributed by atoms with Gasteiger partial charge in [-0.25, -0.2) is 4.98 Å². The van der Waals surface area contributed by atoms with E-state index in [1.165, 1.54) is 27.7 Å². The number of rotatable bonds is 4. The molecule has 1 N–H and O–H groups in total. The van der Waals surface area contributed by atoms with E-state index in [9.17, 15) is 9.59 Å². The molecule has 4 aromatic rings. The number of amides is 1. The number of carbonyl (C=O) groups is 1. The second-order valence-corrected chi connectivity index (χ2v) is 7.60. The molecule has 130 valence electrons. The summed E-state index contributed by atoms with van der Waals surface area (Å²) in [7, 11) is 1.68. The largest absolute Gasteiger partial charge is 0.325 e. The predicted octanol–water partition coefficient (Wildman–Crippen LogP) is 3.88. The van der Waals surface area contributed by atoms with Crippen molar-refractivity contribution in [3.63, 3.8) is 0 Å². The third kappa shape index (κ3) is 3.11. The summed E-state index contributed by atoms with van der Waals surface area (Å²) in [5.74, 6) is 0.0484. The van der Waals surface area contributed by atoms with Gasteiger partial charge >= 0.3 is 0 Å². The van der Waals surface area contributed by atoms with Crippen molar-refractivity contribution in [2.75, 3.05) is 11.1 Å². The smallest absolute Gasteiger partial charge is 0.262 e. The Morgan fingerprint density at radius 3 is 2.85 bits per heavy atom. The molecule has 0 bridgehead atoms. The Kier molecular flexibility index (Phi) is 4.48. The van der Waals surface area contributed by atoms with E-state index in [0.29, 0.717) is 15.4 Å². The van der Waals surface area contributed by atoms with Crippen molar-refractivity contribution in [3.05, 3.63) is 64.3 Å². The maximum atomic E-state index is 12.4. The van der Waals surface area contributed by atoms with Crippen LogP contribution in [0.5, 0.6) is 0 Å². The molecule has 7 heteroatoms. The van der Waals surface area contributed by atoms with Gasteiger partial charge in [-0.05, 0) is 22.9 Å². The second-order valence-electron chi connectivity index (χ2n) is 5.76. The molecule has 2 aromatic carbocycles. The summed E-state index contributed by atoms with van der Waals surface area (Å²) in [6, 6.07) is 15.5. The molecule has 0 radical (unpaired) electrons. The lowest BCUT2D eigenvalue weighted by Crippen LogP contribution is -2.20. The molecule has 1 amide bonds. The summed E-state index contributed by atoms with van der Waals surface area (Å²) in [6.45, 7) is 0. The highest BCUT2D eigenvalue weighted by Gasteiger charge is 2.12. The van der Waals surface area contributed by atoms with Gasteiger partial charge in [0.2, 0.25) is 5.91 Å². The van der Waals surface area contributed by atoms with E-state index < -0.39 is 0 Å². The molecule has 0 saturated carbocycles. The molecule has 0 aliphatic heterocycles. The summed E-state index contributed by atoms with van der Waals surface area (Å²) >= 11 is 2.68. The minimum absolute atomic E-state index is 0.0896. The molecule has 26 heavy (non-hydrogen) atoms. The Labute approximate surface area is 157 Å². The molecular formula is C19H15N3O2S2. The maximum absolute atomic E-state index is 12.4. The first-order valence-electron chi connectivity index (χ1n) is 7.98. The Morgan fingerprint density at radius 2 is 1.96 bits per heavy atom. The normalized spacial score (nSPS) is 11.1. The molecule has 0 atom stereocenters. The number of aromatic nitrogens is 2. The van der Waals surface area contributed by atoms with E-state index in [1.807, 2.05) is 47.8 Å². The molecule has 4 rings (SSSR count). The van der Waals surface area contributed by atoms with Crippen LogP contribution in [-0.2, 0) is 11.8 Å². The number of nitrogens with zero attached hydrogens (tertiary/aromatic N) is 2.